The summed E-state index contributed by atoms with van der Waals surface area (Å²) < 4.78 is 16.9. The van der Waals surface area contributed by atoms with E-state index >= 15 is 0 Å². The predicted octanol–water partition coefficient (Wildman–Crippen LogP) is 4.34. The lowest BCUT2D eigenvalue weighted by molar-refractivity contribution is -0.364. The van der Waals surface area contributed by atoms with Gasteiger partial charge in [0.15, 0.2) is 0 Å². The molecule has 1 atom stereocenters. The molecule has 3 heteroatoms. The highest BCUT2D eigenvalue weighted by molar-refractivity contribution is 5.78. The quantitative estimate of drug-likeness (QED) is 0.634. The van der Waals surface area contributed by atoms with Crippen molar-refractivity contribution in [1.82, 2.24) is 0 Å². The molecule has 122 valence electrons. The molecule has 2 aromatic carbocycles. The SMILES string of the molecule is CCC(c1cccc2c1Cc1ccccc1-2)C(OC)(OC)OC. The van der Waals surface area contributed by atoms with E-state index in [-0.39, 0.29) is 5.92 Å². The maximum absolute atomic E-state index is 5.64. The molecule has 0 radical (unpaired) electrons. The average Bonchev–Trinajstić information content (AvgIpc) is 2.99. The first-order valence-electron chi connectivity index (χ1n) is 8.06. The Bertz CT molecular complexity index is 681. The van der Waals surface area contributed by atoms with Gasteiger partial charge < -0.3 is 14.2 Å². The molecule has 0 heterocycles. The summed E-state index contributed by atoms with van der Waals surface area (Å²) in [5.74, 6) is -1.05. The standard InChI is InChI=1S/C20H24O3/c1-5-19(20(21-2,22-3)23-4)17-12-8-11-16-15-10-7-6-9-14(15)13-18(16)17/h6-12,19H,5,13H2,1-4H3. The third-order valence-corrected chi connectivity index (χ3v) is 4.95. The molecule has 1 aliphatic carbocycles. The molecule has 3 nitrogen and oxygen atoms in total. The van der Waals surface area contributed by atoms with Crippen LogP contribution in [0.5, 0.6) is 0 Å². The molecule has 0 N–H and O–H groups in total. The van der Waals surface area contributed by atoms with Gasteiger partial charge in [-0.25, -0.2) is 0 Å². The van der Waals surface area contributed by atoms with Crippen molar-refractivity contribution in [3.05, 3.63) is 59.2 Å². The molecular formula is C20H24O3. The molecule has 0 aliphatic heterocycles. The predicted molar refractivity (Wildman–Crippen MR) is 91.5 cm³/mol. The second-order valence-corrected chi connectivity index (χ2v) is 5.88. The van der Waals surface area contributed by atoms with E-state index in [4.69, 9.17) is 14.2 Å². The van der Waals surface area contributed by atoms with Crippen molar-refractivity contribution >= 4 is 0 Å². The fraction of sp³-hybridized carbons (Fsp3) is 0.400. The Morgan fingerprint density at radius 3 is 2.22 bits per heavy atom. The number of hydrogen-bond donors (Lipinski definition) is 0. The van der Waals surface area contributed by atoms with Crippen molar-refractivity contribution in [3.8, 4) is 11.1 Å². The van der Waals surface area contributed by atoms with Gasteiger partial charge in [-0.3, -0.25) is 0 Å². The molecule has 0 aromatic heterocycles. The van der Waals surface area contributed by atoms with Crippen LogP contribution >= 0.6 is 0 Å². The van der Waals surface area contributed by atoms with Crippen molar-refractivity contribution in [2.75, 3.05) is 21.3 Å². The zero-order valence-corrected chi connectivity index (χ0v) is 14.3. The second-order valence-electron chi connectivity index (χ2n) is 5.88. The first-order valence-corrected chi connectivity index (χ1v) is 8.06. The van der Waals surface area contributed by atoms with Gasteiger partial charge in [0.1, 0.15) is 0 Å². The van der Waals surface area contributed by atoms with Gasteiger partial charge in [-0.2, -0.15) is 0 Å². The van der Waals surface area contributed by atoms with Crippen LogP contribution in [0.3, 0.4) is 0 Å². The molecular weight excluding hydrogens is 288 g/mol. The fourth-order valence-electron chi connectivity index (χ4n) is 3.85. The molecule has 3 rings (SSSR count). The highest BCUT2D eigenvalue weighted by atomic mass is 16.9. The zero-order chi connectivity index (χ0) is 16.4. The Kier molecular flexibility index (Phi) is 4.53. The summed E-state index contributed by atoms with van der Waals surface area (Å²) >= 11 is 0. The van der Waals surface area contributed by atoms with Crippen LogP contribution in [0.4, 0.5) is 0 Å². The Hall–Kier alpha value is -1.68. The molecule has 0 amide bonds. The van der Waals surface area contributed by atoms with E-state index in [1.165, 1.54) is 27.8 Å². The van der Waals surface area contributed by atoms with Crippen molar-refractivity contribution in [2.45, 2.75) is 31.7 Å². The average molecular weight is 312 g/mol. The van der Waals surface area contributed by atoms with Gasteiger partial charge in [-0.1, -0.05) is 49.4 Å². The Morgan fingerprint density at radius 2 is 1.57 bits per heavy atom. The van der Waals surface area contributed by atoms with Crippen molar-refractivity contribution in [2.24, 2.45) is 0 Å². The van der Waals surface area contributed by atoms with Gasteiger partial charge in [0.25, 0.3) is 5.97 Å². The maximum atomic E-state index is 5.64. The minimum atomic E-state index is -1.06. The molecule has 2 aromatic rings. The summed E-state index contributed by atoms with van der Waals surface area (Å²) in [7, 11) is 4.90. The van der Waals surface area contributed by atoms with Crippen LogP contribution in [0, 0.1) is 0 Å². The Labute approximate surface area is 138 Å². The molecule has 0 saturated carbocycles. The summed E-state index contributed by atoms with van der Waals surface area (Å²) in [5, 5.41) is 0. The minimum Gasteiger partial charge on any atom is -0.330 e. The zero-order valence-electron chi connectivity index (χ0n) is 14.3. The van der Waals surface area contributed by atoms with Crippen molar-refractivity contribution in [3.63, 3.8) is 0 Å². The minimum absolute atomic E-state index is 0.00626. The fourth-order valence-corrected chi connectivity index (χ4v) is 3.85. The normalized spacial score (nSPS) is 14.4. The van der Waals surface area contributed by atoms with Gasteiger partial charge in [-0.15, -0.1) is 0 Å². The molecule has 23 heavy (non-hydrogen) atoms. The molecule has 0 spiro atoms. The first-order chi connectivity index (χ1) is 11.2. The molecule has 1 unspecified atom stereocenters. The van der Waals surface area contributed by atoms with Crippen LogP contribution in [0.15, 0.2) is 42.5 Å². The van der Waals surface area contributed by atoms with Crippen LogP contribution in [0.1, 0.15) is 36.0 Å². The van der Waals surface area contributed by atoms with Crippen LogP contribution in [0.2, 0.25) is 0 Å². The number of benzene rings is 2. The third-order valence-electron chi connectivity index (χ3n) is 4.95. The summed E-state index contributed by atoms with van der Waals surface area (Å²) in [6.45, 7) is 2.14. The van der Waals surface area contributed by atoms with Crippen LogP contribution in [0.25, 0.3) is 11.1 Å². The topological polar surface area (TPSA) is 27.7 Å². The largest absolute Gasteiger partial charge is 0.330 e. The third kappa shape index (κ3) is 2.49. The van der Waals surface area contributed by atoms with Crippen LogP contribution in [-0.2, 0) is 20.6 Å². The first kappa shape index (κ1) is 16.2. The van der Waals surface area contributed by atoms with E-state index in [9.17, 15) is 0 Å². The lowest BCUT2D eigenvalue weighted by Gasteiger charge is -2.37. The number of hydrogen-bond acceptors (Lipinski definition) is 3. The number of methoxy groups -OCH3 is 3. The van der Waals surface area contributed by atoms with E-state index in [0.29, 0.717) is 0 Å². The van der Waals surface area contributed by atoms with Crippen molar-refractivity contribution < 1.29 is 14.2 Å². The van der Waals surface area contributed by atoms with E-state index in [2.05, 4.69) is 49.4 Å². The van der Waals surface area contributed by atoms with Crippen LogP contribution < -0.4 is 0 Å². The number of ether oxygens (including phenoxy) is 3. The monoisotopic (exact) mass is 312 g/mol. The molecule has 0 fully saturated rings. The van der Waals surface area contributed by atoms with Gasteiger partial charge in [0.05, 0.1) is 5.92 Å². The molecule has 0 bridgehead atoms. The maximum Gasteiger partial charge on any atom is 0.289 e. The van der Waals surface area contributed by atoms with Crippen LogP contribution in [-0.4, -0.2) is 27.3 Å². The van der Waals surface area contributed by atoms with Gasteiger partial charge in [0.2, 0.25) is 0 Å². The highest BCUT2D eigenvalue weighted by Crippen LogP contribution is 2.44. The summed E-state index contributed by atoms with van der Waals surface area (Å²) in [5.41, 5.74) is 6.62. The number of fused-ring (bicyclic) bond motifs is 3. The van der Waals surface area contributed by atoms with Gasteiger partial charge >= 0.3 is 0 Å². The molecule has 1 aliphatic rings. The summed E-state index contributed by atoms with van der Waals surface area (Å²) in [6.07, 6.45) is 1.81. The smallest absolute Gasteiger partial charge is 0.289 e. The molecule has 0 saturated heterocycles. The second kappa shape index (κ2) is 6.44. The Balaban J connectivity index is 2.12. The Morgan fingerprint density at radius 1 is 0.913 bits per heavy atom. The van der Waals surface area contributed by atoms with E-state index in [1.54, 1.807) is 21.3 Å². The highest BCUT2D eigenvalue weighted by Gasteiger charge is 2.41. The van der Waals surface area contributed by atoms with Gasteiger partial charge in [-0.05, 0) is 40.7 Å². The summed E-state index contributed by atoms with van der Waals surface area (Å²) in [6, 6.07) is 15.1. The summed E-state index contributed by atoms with van der Waals surface area (Å²) in [4.78, 5) is 0. The van der Waals surface area contributed by atoms with E-state index in [1.807, 2.05) is 0 Å². The van der Waals surface area contributed by atoms with E-state index < -0.39 is 5.97 Å². The lowest BCUT2D eigenvalue weighted by atomic mass is 9.87. The van der Waals surface area contributed by atoms with Gasteiger partial charge in [0, 0.05) is 21.3 Å². The van der Waals surface area contributed by atoms with Crippen molar-refractivity contribution in [1.29, 1.82) is 0 Å². The lowest BCUT2D eigenvalue weighted by Crippen LogP contribution is -2.42. The van der Waals surface area contributed by atoms with E-state index in [0.717, 1.165) is 12.8 Å². The number of rotatable bonds is 6.